The van der Waals surface area contributed by atoms with E-state index >= 15 is 0 Å². The second-order valence-corrected chi connectivity index (χ2v) is 7.05. The highest BCUT2D eigenvalue weighted by molar-refractivity contribution is 4.58. The van der Waals surface area contributed by atoms with E-state index in [-0.39, 0.29) is 6.61 Å². The van der Waals surface area contributed by atoms with Crippen molar-refractivity contribution >= 4 is 0 Å². The van der Waals surface area contributed by atoms with Gasteiger partial charge in [0.2, 0.25) is 0 Å². The molecule has 0 amide bonds. The molecule has 0 aromatic carbocycles. The second kappa shape index (κ2) is 24.8. The molecule has 0 aromatic rings. The Kier molecular flexibility index (Phi) is 24.6. The van der Waals surface area contributed by atoms with Crippen LogP contribution < -0.4 is 0 Å². The minimum Gasteiger partial charge on any atom is -0.394 e. The molecule has 1 unspecified atom stereocenters. The van der Waals surface area contributed by atoms with Crippen LogP contribution in [-0.4, -0.2) is 77.8 Å². The monoisotopic (exact) mass is 406 g/mol. The van der Waals surface area contributed by atoms with E-state index in [4.69, 9.17) is 28.8 Å². The molecule has 6 heteroatoms. The Bertz CT molecular complexity index is 278. The third kappa shape index (κ3) is 22.1. The normalized spacial score (nSPS) is 12.5. The minimum absolute atomic E-state index is 0.0483. The van der Waals surface area contributed by atoms with Gasteiger partial charge in [-0.25, -0.2) is 0 Å². The Hall–Kier alpha value is -0.240. The van der Waals surface area contributed by atoms with Crippen LogP contribution in [-0.2, 0) is 23.7 Å². The molecule has 0 rings (SSSR count). The first kappa shape index (κ1) is 27.8. The lowest BCUT2D eigenvalue weighted by Crippen LogP contribution is -2.13. The summed E-state index contributed by atoms with van der Waals surface area (Å²) in [5, 5.41) is 8.55. The van der Waals surface area contributed by atoms with E-state index in [0.717, 1.165) is 18.9 Å². The van der Waals surface area contributed by atoms with Crippen LogP contribution >= 0.6 is 0 Å². The standard InChI is InChI=1S/C22H46O6/c1-3-5-6-7-9-22(4-2)10-8-12-24-14-16-26-18-20-28-21-19-27-17-15-25-13-11-23/h22-23H,3-21H2,1-2H3. The molecule has 0 spiro atoms. The SMILES string of the molecule is CCCCCCC(CC)CCCOCCOCCOCCOCCOCCO. The minimum atomic E-state index is 0.0483. The fourth-order valence-corrected chi connectivity index (χ4v) is 2.93. The third-order valence-electron chi connectivity index (χ3n) is 4.67. The molecular formula is C22H46O6. The van der Waals surface area contributed by atoms with Gasteiger partial charge >= 0.3 is 0 Å². The predicted octanol–water partition coefficient (Wildman–Crippen LogP) is 3.84. The fourth-order valence-electron chi connectivity index (χ4n) is 2.93. The summed E-state index contributed by atoms with van der Waals surface area (Å²) < 4.78 is 27.0. The lowest BCUT2D eigenvalue weighted by molar-refractivity contribution is -0.0135. The maximum absolute atomic E-state index is 8.55. The van der Waals surface area contributed by atoms with Crippen molar-refractivity contribution in [1.82, 2.24) is 0 Å². The van der Waals surface area contributed by atoms with Gasteiger partial charge in [0, 0.05) is 6.61 Å². The summed E-state index contributed by atoms with van der Waals surface area (Å²) in [7, 11) is 0. The van der Waals surface area contributed by atoms with E-state index in [9.17, 15) is 0 Å². The molecular weight excluding hydrogens is 360 g/mol. The van der Waals surface area contributed by atoms with E-state index < -0.39 is 0 Å². The van der Waals surface area contributed by atoms with Gasteiger partial charge in [-0.3, -0.25) is 0 Å². The first-order valence-electron chi connectivity index (χ1n) is 11.3. The number of hydrogen-bond acceptors (Lipinski definition) is 6. The first-order chi connectivity index (χ1) is 13.8. The summed E-state index contributed by atoms with van der Waals surface area (Å²) in [5.41, 5.74) is 0. The van der Waals surface area contributed by atoms with Crippen molar-refractivity contribution in [2.24, 2.45) is 5.92 Å². The van der Waals surface area contributed by atoms with Crippen LogP contribution in [0.2, 0.25) is 0 Å². The molecule has 0 aliphatic heterocycles. The lowest BCUT2D eigenvalue weighted by atomic mass is 9.94. The number of ether oxygens (including phenoxy) is 5. The van der Waals surface area contributed by atoms with E-state index in [2.05, 4.69) is 13.8 Å². The van der Waals surface area contributed by atoms with Crippen molar-refractivity contribution in [3.63, 3.8) is 0 Å². The molecule has 28 heavy (non-hydrogen) atoms. The van der Waals surface area contributed by atoms with E-state index in [1.54, 1.807) is 0 Å². The van der Waals surface area contributed by atoms with Crippen LogP contribution in [0, 0.1) is 5.92 Å². The zero-order valence-corrected chi connectivity index (χ0v) is 18.5. The summed E-state index contributed by atoms with van der Waals surface area (Å²) in [6.45, 7) is 10.4. The van der Waals surface area contributed by atoms with E-state index in [1.165, 1.54) is 44.9 Å². The van der Waals surface area contributed by atoms with Crippen LogP contribution in [0.5, 0.6) is 0 Å². The van der Waals surface area contributed by atoms with Crippen LogP contribution in [0.1, 0.15) is 65.2 Å². The summed E-state index contributed by atoms with van der Waals surface area (Å²) in [6.07, 6.45) is 10.6. The Morgan fingerprint density at radius 3 is 1.46 bits per heavy atom. The van der Waals surface area contributed by atoms with Gasteiger partial charge in [0.15, 0.2) is 0 Å². The molecule has 0 fully saturated rings. The summed E-state index contributed by atoms with van der Waals surface area (Å²) >= 11 is 0. The van der Waals surface area contributed by atoms with Crippen LogP contribution in [0.15, 0.2) is 0 Å². The predicted molar refractivity (Wildman–Crippen MR) is 113 cm³/mol. The lowest BCUT2D eigenvalue weighted by Gasteiger charge is -2.14. The Morgan fingerprint density at radius 1 is 0.536 bits per heavy atom. The van der Waals surface area contributed by atoms with Crippen LogP contribution in [0.3, 0.4) is 0 Å². The van der Waals surface area contributed by atoms with Gasteiger partial charge in [-0.1, -0.05) is 52.4 Å². The Labute approximate surface area is 173 Å². The number of unbranched alkanes of at least 4 members (excludes halogenated alkanes) is 3. The molecule has 0 heterocycles. The molecule has 0 aromatic heterocycles. The molecule has 0 saturated carbocycles. The quantitative estimate of drug-likeness (QED) is 0.246. The summed E-state index contributed by atoms with van der Waals surface area (Å²) in [6, 6.07) is 0. The molecule has 170 valence electrons. The molecule has 6 nitrogen and oxygen atoms in total. The molecule has 1 N–H and O–H groups in total. The van der Waals surface area contributed by atoms with Gasteiger partial charge in [0.05, 0.1) is 66.1 Å². The van der Waals surface area contributed by atoms with Crippen LogP contribution in [0.4, 0.5) is 0 Å². The van der Waals surface area contributed by atoms with Gasteiger partial charge in [-0.2, -0.15) is 0 Å². The smallest absolute Gasteiger partial charge is 0.0701 e. The number of aliphatic hydroxyl groups excluding tert-OH is 1. The number of rotatable bonds is 24. The third-order valence-corrected chi connectivity index (χ3v) is 4.67. The summed E-state index contributed by atoms with van der Waals surface area (Å²) in [5.74, 6) is 0.867. The maximum Gasteiger partial charge on any atom is 0.0701 e. The van der Waals surface area contributed by atoms with Gasteiger partial charge in [-0.15, -0.1) is 0 Å². The number of aliphatic hydroxyl groups is 1. The van der Waals surface area contributed by atoms with Gasteiger partial charge in [0.1, 0.15) is 0 Å². The maximum atomic E-state index is 8.55. The highest BCUT2D eigenvalue weighted by Crippen LogP contribution is 2.19. The average molecular weight is 407 g/mol. The van der Waals surface area contributed by atoms with Crippen molar-refractivity contribution in [2.45, 2.75) is 65.2 Å². The molecule has 0 saturated heterocycles. The topological polar surface area (TPSA) is 66.4 Å². The highest BCUT2D eigenvalue weighted by Gasteiger charge is 2.05. The Balaban J connectivity index is 3.16. The largest absolute Gasteiger partial charge is 0.394 e. The first-order valence-corrected chi connectivity index (χ1v) is 11.3. The van der Waals surface area contributed by atoms with Crippen molar-refractivity contribution in [1.29, 1.82) is 0 Å². The molecule has 0 bridgehead atoms. The van der Waals surface area contributed by atoms with Crippen LogP contribution in [0.25, 0.3) is 0 Å². The summed E-state index contributed by atoms with van der Waals surface area (Å²) in [4.78, 5) is 0. The van der Waals surface area contributed by atoms with Gasteiger partial charge < -0.3 is 28.8 Å². The molecule has 0 radical (unpaired) electrons. The van der Waals surface area contributed by atoms with Gasteiger partial charge in [0.25, 0.3) is 0 Å². The molecule has 0 aliphatic rings. The van der Waals surface area contributed by atoms with Crippen molar-refractivity contribution in [3.05, 3.63) is 0 Å². The zero-order valence-electron chi connectivity index (χ0n) is 18.5. The number of hydrogen-bond donors (Lipinski definition) is 1. The highest BCUT2D eigenvalue weighted by atomic mass is 16.6. The van der Waals surface area contributed by atoms with Crippen molar-refractivity contribution in [3.8, 4) is 0 Å². The van der Waals surface area contributed by atoms with Crippen molar-refractivity contribution < 1.29 is 28.8 Å². The van der Waals surface area contributed by atoms with Gasteiger partial charge in [-0.05, 0) is 18.8 Å². The van der Waals surface area contributed by atoms with Crippen molar-refractivity contribution in [2.75, 3.05) is 72.7 Å². The van der Waals surface area contributed by atoms with E-state index in [0.29, 0.717) is 59.5 Å². The zero-order chi connectivity index (χ0) is 20.5. The van der Waals surface area contributed by atoms with E-state index in [1.807, 2.05) is 0 Å². The second-order valence-electron chi connectivity index (χ2n) is 7.05. The molecule has 0 aliphatic carbocycles. The Morgan fingerprint density at radius 2 is 1.00 bits per heavy atom. The molecule has 1 atom stereocenters. The average Bonchev–Trinajstić information content (AvgIpc) is 2.71. The fraction of sp³-hybridized carbons (Fsp3) is 1.00.